The lowest BCUT2D eigenvalue weighted by molar-refractivity contribution is -0.146. The lowest BCUT2D eigenvalue weighted by Crippen LogP contribution is -2.46. The van der Waals surface area contributed by atoms with Crippen LogP contribution in [0, 0.1) is 6.92 Å². The van der Waals surface area contributed by atoms with Crippen LogP contribution >= 0.6 is 0 Å². The van der Waals surface area contributed by atoms with E-state index < -0.39 is 0 Å². The summed E-state index contributed by atoms with van der Waals surface area (Å²) >= 11 is 0. The molecule has 136 valence electrons. The fourth-order valence-corrected chi connectivity index (χ4v) is 3.24. The second-order valence-electron chi connectivity index (χ2n) is 6.61. The molecule has 1 aliphatic heterocycles. The van der Waals surface area contributed by atoms with Crippen LogP contribution in [0.4, 0.5) is 0 Å². The SMILES string of the molecule is Cc1noc([C@H]2CN(C(=O)CCc3nc4ccccc4[nH]3)C[C@@H](C)O2)n1. The van der Waals surface area contributed by atoms with Gasteiger partial charge < -0.3 is 19.1 Å². The molecule has 0 bridgehead atoms. The summed E-state index contributed by atoms with van der Waals surface area (Å²) in [7, 11) is 0. The van der Waals surface area contributed by atoms with Crippen molar-refractivity contribution in [3.63, 3.8) is 0 Å². The largest absolute Gasteiger partial charge is 0.362 e. The van der Waals surface area contributed by atoms with E-state index in [1.807, 2.05) is 31.2 Å². The summed E-state index contributed by atoms with van der Waals surface area (Å²) in [6.07, 6.45) is 0.498. The zero-order valence-corrected chi connectivity index (χ0v) is 14.8. The number of imidazole rings is 1. The van der Waals surface area contributed by atoms with Gasteiger partial charge in [0, 0.05) is 19.4 Å². The zero-order valence-electron chi connectivity index (χ0n) is 14.8. The van der Waals surface area contributed by atoms with E-state index in [1.165, 1.54) is 0 Å². The summed E-state index contributed by atoms with van der Waals surface area (Å²) in [6.45, 7) is 4.68. The lowest BCUT2D eigenvalue weighted by atomic mass is 10.2. The van der Waals surface area contributed by atoms with Crippen molar-refractivity contribution in [2.45, 2.75) is 38.9 Å². The molecule has 8 nitrogen and oxygen atoms in total. The van der Waals surface area contributed by atoms with E-state index in [-0.39, 0.29) is 18.1 Å². The summed E-state index contributed by atoms with van der Waals surface area (Å²) in [6, 6.07) is 7.85. The standard InChI is InChI=1S/C18H21N5O3/c1-11-9-23(10-15(25-11)18-19-12(2)22-26-18)17(24)8-7-16-20-13-5-3-4-6-14(13)21-16/h3-6,11,15H,7-10H2,1-2H3,(H,20,21)/t11-,15-/m1/s1. The van der Waals surface area contributed by atoms with E-state index >= 15 is 0 Å². The average Bonchev–Trinajstić information content (AvgIpc) is 3.24. The van der Waals surface area contributed by atoms with E-state index in [2.05, 4.69) is 20.1 Å². The molecule has 26 heavy (non-hydrogen) atoms. The number of aryl methyl sites for hydroxylation is 2. The number of aromatic nitrogens is 4. The van der Waals surface area contributed by atoms with Gasteiger partial charge in [-0.2, -0.15) is 4.98 Å². The maximum absolute atomic E-state index is 12.7. The third kappa shape index (κ3) is 3.45. The van der Waals surface area contributed by atoms with Crippen molar-refractivity contribution < 1.29 is 14.1 Å². The number of rotatable bonds is 4. The van der Waals surface area contributed by atoms with E-state index in [0.717, 1.165) is 16.9 Å². The molecule has 1 fully saturated rings. The molecule has 1 saturated heterocycles. The highest BCUT2D eigenvalue weighted by atomic mass is 16.5. The minimum atomic E-state index is -0.380. The molecule has 0 radical (unpaired) electrons. The number of H-pyrrole nitrogens is 1. The first-order chi connectivity index (χ1) is 12.6. The number of hydrogen-bond acceptors (Lipinski definition) is 6. The molecule has 0 saturated carbocycles. The topological polar surface area (TPSA) is 97.1 Å². The van der Waals surface area contributed by atoms with Gasteiger partial charge in [0.25, 0.3) is 5.89 Å². The molecule has 1 N–H and O–H groups in total. The van der Waals surface area contributed by atoms with Crippen molar-refractivity contribution in [3.05, 3.63) is 41.8 Å². The number of carbonyl (C=O) groups excluding carboxylic acids is 1. The fraction of sp³-hybridized carbons (Fsp3) is 0.444. The summed E-state index contributed by atoms with van der Waals surface area (Å²) in [4.78, 5) is 26.5. The molecule has 4 rings (SSSR count). The Morgan fingerprint density at radius 1 is 1.31 bits per heavy atom. The van der Waals surface area contributed by atoms with Crippen LogP contribution in [0.25, 0.3) is 11.0 Å². The number of benzene rings is 1. The van der Waals surface area contributed by atoms with Crippen LogP contribution in [0.3, 0.4) is 0 Å². The normalized spacial score (nSPS) is 20.6. The van der Waals surface area contributed by atoms with Crippen LogP contribution in [0.2, 0.25) is 0 Å². The highest BCUT2D eigenvalue weighted by Crippen LogP contribution is 2.24. The first-order valence-corrected chi connectivity index (χ1v) is 8.75. The maximum Gasteiger partial charge on any atom is 0.257 e. The van der Waals surface area contributed by atoms with Crippen molar-refractivity contribution in [2.75, 3.05) is 13.1 Å². The predicted molar refractivity (Wildman–Crippen MR) is 93.3 cm³/mol. The van der Waals surface area contributed by atoms with Crippen LogP contribution in [-0.2, 0) is 16.0 Å². The van der Waals surface area contributed by atoms with Gasteiger partial charge in [0.1, 0.15) is 5.82 Å². The second kappa shape index (κ2) is 6.87. The highest BCUT2D eigenvalue weighted by molar-refractivity contribution is 5.77. The monoisotopic (exact) mass is 355 g/mol. The number of para-hydroxylation sites is 2. The van der Waals surface area contributed by atoms with E-state index in [0.29, 0.717) is 37.6 Å². The zero-order chi connectivity index (χ0) is 18.1. The Bertz CT molecular complexity index is 885. The number of amides is 1. The number of hydrogen-bond donors (Lipinski definition) is 1. The highest BCUT2D eigenvalue weighted by Gasteiger charge is 2.32. The van der Waals surface area contributed by atoms with E-state index in [9.17, 15) is 4.79 Å². The third-order valence-electron chi connectivity index (χ3n) is 4.45. The molecule has 8 heteroatoms. The number of carbonyl (C=O) groups is 1. The fourth-order valence-electron chi connectivity index (χ4n) is 3.24. The van der Waals surface area contributed by atoms with Gasteiger partial charge in [0.05, 0.1) is 23.7 Å². The van der Waals surface area contributed by atoms with Crippen molar-refractivity contribution in [3.8, 4) is 0 Å². The van der Waals surface area contributed by atoms with Gasteiger partial charge in [-0.1, -0.05) is 17.3 Å². The van der Waals surface area contributed by atoms with Crippen LogP contribution in [0.5, 0.6) is 0 Å². The molecule has 3 aromatic rings. The van der Waals surface area contributed by atoms with Gasteiger partial charge in [0.2, 0.25) is 5.91 Å². The molecule has 1 aliphatic rings. The Morgan fingerprint density at radius 3 is 2.92 bits per heavy atom. The predicted octanol–water partition coefficient (Wildman–Crippen LogP) is 2.18. The number of aromatic amines is 1. The summed E-state index contributed by atoms with van der Waals surface area (Å²) in [5.74, 6) is 1.88. The van der Waals surface area contributed by atoms with Gasteiger partial charge in [-0.05, 0) is 26.0 Å². The summed E-state index contributed by atoms with van der Waals surface area (Å²) in [5.41, 5.74) is 1.91. The third-order valence-corrected chi connectivity index (χ3v) is 4.45. The molecule has 1 amide bonds. The summed E-state index contributed by atoms with van der Waals surface area (Å²) in [5, 5.41) is 3.80. The first-order valence-electron chi connectivity index (χ1n) is 8.75. The number of morpholine rings is 1. The van der Waals surface area contributed by atoms with Crippen molar-refractivity contribution in [2.24, 2.45) is 0 Å². The smallest absolute Gasteiger partial charge is 0.257 e. The molecular formula is C18H21N5O3. The average molecular weight is 355 g/mol. The van der Waals surface area contributed by atoms with Gasteiger partial charge >= 0.3 is 0 Å². The molecule has 1 aromatic carbocycles. The number of ether oxygens (including phenoxy) is 1. The van der Waals surface area contributed by atoms with Gasteiger partial charge in [-0.15, -0.1) is 0 Å². The molecular weight excluding hydrogens is 334 g/mol. The van der Waals surface area contributed by atoms with Crippen LogP contribution in [0.1, 0.15) is 37.0 Å². The van der Waals surface area contributed by atoms with Gasteiger partial charge in [0.15, 0.2) is 11.9 Å². The maximum atomic E-state index is 12.7. The van der Waals surface area contributed by atoms with E-state index in [1.54, 1.807) is 11.8 Å². The second-order valence-corrected chi connectivity index (χ2v) is 6.61. The van der Waals surface area contributed by atoms with Crippen molar-refractivity contribution in [1.29, 1.82) is 0 Å². The lowest BCUT2D eigenvalue weighted by Gasteiger charge is -2.35. The minimum Gasteiger partial charge on any atom is -0.362 e. The van der Waals surface area contributed by atoms with Crippen molar-refractivity contribution >= 4 is 16.9 Å². The molecule has 0 unspecified atom stereocenters. The van der Waals surface area contributed by atoms with Crippen LogP contribution < -0.4 is 0 Å². The van der Waals surface area contributed by atoms with Gasteiger partial charge in [-0.25, -0.2) is 4.98 Å². The Labute approximate surface area is 150 Å². The quantitative estimate of drug-likeness (QED) is 0.770. The Morgan fingerprint density at radius 2 is 2.15 bits per heavy atom. The number of nitrogens with one attached hydrogen (secondary N) is 1. The van der Waals surface area contributed by atoms with Crippen molar-refractivity contribution in [1.82, 2.24) is 25.0 Å². The molecule has 0 aliphatic carbocycles. The Kier molecular flexibility index (Phi) is 4.42. The minimum absolute atomic E-state index is 0.0712. The molecule has 2 aromatic heterocycles. The Balaban J connectivity index is 1.40. The molecule has 0 spiro atoms. The van der Waals surface area contributed by atoms with Crippen LogP contribution in [0.15, 0.2) is 28.8 Å². The molecule has 2 atom stereocenters. The Hall–Kier alpha value is -2.74. The number of fused-ring (bicyclic) bond motifs is 1. The number of nitrogens with zero attached hydrogens (tertiary/aromatic N) is 4. The van der Waals surface area contributed by atoms with Crippen LogP contribution in [-0.4, -0.2) is 50.1 Å². The van der Waals surface area contributed by atoms with Gasteiger partial charge in [-0.3, -0.25) is 4.79 Å². The molecule has 3 heterocycles. The summed E-state index contributed by atoms with van der Waals surface area (Å²) < 4.78 is 11.1. The van der Waals surface area contributed by atoms with E-state index in [4.69, 9.17) is 9.26 Å². The first kappa shape index (κ1) is 16.7.